The van der Waals surface area contributed by atoms with Crippen molar-refractivity contribution < 1.29 is 14.7 Å². The highest BCUT2D eigenvalue weighted by atomic mass is 16.3. The zero-order valence-corrected chi connectivity index (χ0v) is 43.0. The van der Waals surface area contributed by atoms with E-state index >= 15 is 4.79 Å². The van der Waals surface area contributed by atoms with Crippen molar-refractivity contribution in [3.05, 3.63) is 88.3 Å². The van der Waals surface area contributed by atoms with Gasteiger partial charge in [0.25, 0.3) is 0 Å². The molecular weight excluding hydrogens is 819 g/mol. The predicted octanol–water partition coefficient (Wildman–Crippen LogP) is 16.0. The van der Waals surface area contributed by atoms with E-state index in [4.69, 9.17) is 0 Å². The molecule has 8 rings (SSSR count). The summed E-state index contributed by atoms with van der Waals surface area (Å²) in [6, 6.07) is 13.8. The van der Waals surface area contributed by atoms with E-state index in [1.165, 1.54) is 84.0 Å². The van der Waals surface area contributed by atoms with Gasteiger partial charge in [0.1, 0.15) is 5.78 Å². The molecule has 4 heteroatoms. The van der Waals surface area contributed by atoms with Gasteiger partial charge in [0.05, 0.1) is 12.0 Å². The first-order valence-corrected chi connectivity index (χ1v) is 28.2. The molecule has 364 valence electrons. The highest BCUT2D eigenvalue weighted by Crippen LogP contribution is 2.57. The fraction of sp³-hybridized carbons (Fsp3) is 0.651. The maximum absolute atomic E-state index is 15.5. The Labute approximate surface area is 406 Å². The summed E-state index contributed by atoms with van der Waals surface area (Å²) in [6.07, 6.45) is 35.2. The van der Waals surface area contributed by atoms with Crippen LogP contribution < -0.4 is 5.35 Å². The Kier molecular flexibility index (Phi) is 17.1. The Morgan fingerprint density at radius 2 is 1.58 bits per heavy atom. The number of nitrogens with zero attached hydrogens (tertiary/aromatic N) is 1. The highest BCUT2D eigenvalue weighted by molar-refractivity contribution is 6.15. The quantitative estimate of drug-likeness (QED) is 0.0658. The monoisotopic (exact) mass is 908 g/mol. The molecule has 5 aliphatic rings. The number of allylic oxidation sites excluding steroid dienone is 7. The first-order chi connectivity index (χ1) is 32.6. The van der Waals surface area contributed by atoms with Gasteiger partial charge in [-0.1, -0.05) is 167 Å². The number of aliphatic hydroxyl groups excluding tert-OH is 1. The van der Waals surface area contributed by atoms with E-state index in [1.807, 2.05) is 0 Å². The maximum Gasteiger partial charge on any atom is 0.172 e. The average molecular weight is 908 g/mol. The lowest BCUT2D eigenvalue weighted by Gasteiger charge is -2.53. The number of aliphatic hydroxyl groups is 1. The van der Waals surface area contributed by atoms with E-state index in [1.54, 1.807) is 5.57 Å². The van der Waals surface area contributed by atoms with Crippen molar-refractivity contribution in [2.45, 2.75) is 202 Å². The molecule has 3 aromatic rings. The van der Waals surface area contributed by atoms with Gasteiger partial charge in [-0.2, -0.15) is 0 Å². The average Bonchev–Trinajstić information content (AvgIpc) is 3.88. The van der Waals surface area contributed by atoms with E-state index < -0.39 is 17.9 Å². The van der Waals surface area contributed by atoms with E-state index in [0.717, 1.165) is 94.5 Å². The zero-order valence-electron chi connectivity index (χ0n) is 43.0. The minimum absolute atomic E-state index is 0.0199. The number of carbonyl (C=O) groups is 2. The molecule has 12 unspecified atom stereocenters. The number of rotatable bonds is 21. The summed E-state index contributed by atoms with van der Waals surface area (Å²) in [5.74, 6) is 3.53. The van der Waals surface area contributed by atoms with Crippen LogP contribution in [0.1, 0.15) is 196 Å². The van der Waals surface area contributed by atoms with Crippen molar-refractivity contribution >= 4 is 39.3 Å². The SMILES string of the molecule is CCCCCCC1C(=O)C(CC(C)CCCCC)C(=O)\C(=C2/C(=C/C=c3\c4cccc5cccc(c54)n3C(C)CCC)CCC2CCC2C(C(C)CCC)CC3CCC=C4C=CCC2C43)C1O. The molecule has 0 amide bonds. The second-order valence-corrected chi connectivity index (χ2v) is 22.8. The third-order valence-electron chi connectivity index (χ3n) is 18.3. The molecule has 12 atom stereocenters. The van der Waals surface area contributed by atoms with Gasteiger partial charge in [-0.15, -0.1) is 0 Å². The molecule has 67 heavy (non-hydrogen) atoms. The van der Waals surface area contributed by atoms with Gasteiger partial charge in [0, 0.05) is 39.2 Å². The largest absolute Gasteiger partial charge is 0.388 e. The van der Waals surface area contributed by atoms with Crippen LogP contribution in [-0.2, 0) is 9.59 Å². The van der Waals surface area contributed by atoms with E-state index in [2.05, 4.69) is 120 Å². The molecule has 1 N–H and O–H groups in total. The van der Waals surface area contributed by atoms with Crippen LogP contribution in [0.25, 0.3) is 27.8 Å². The highest BCUT2D eigenvalue weighted by Gasteiger charge is 2.50. The van der Waals surface area contributed by atoms with Crippen LogP contribution in [0.5, 0.6) is 0 Å². The van der Waals surface area contributed by atoms with Crippen LogP contribution in [0, 0.1) is 59.2 Å². The zero-order chi connectivity index (χ0) is 47.2. The lowest BCUT2D eigenvalue weighted by atomic mass is 9.52. The lowest BCUT2D eigenvalue weighted by Crippen LogP contribution is -2.47. The van der Waals surface area contributed by atoms with Gasteiger partial charge in [0.15, 0.2) is 5.78 Å². The van der Waals surface area contributed by atoms with Gasteiger partial charge in [-0.3, -0.25) is 9.59 Å². The number of hydrogen-bond acceptors (Lipinski definition) is 3. The molecule has 3 fully saturated rings. The fourth-order valence-electron chi connectivity index (χ4n) is 15.1. The molecular formula is C63H89NO3. The second-order valence-electron chi connectivity index (χ2n) is 22.8. The summed E-state index contributed by atoms with van der Waals surface area (Å²) >= 11 is 0. The van der Waals surface area contributed by atoms with Gasteiger partial charge in [0.2, 0.25) is 0 Å². The van der Waals surface area contributed by atoms with Crippen molar-refractivity contribution in [1.82, 2.24) is 4.57 Å². The summed E-state index contributed by atoms with van der Waals surface area (Å²) in [4.78, 5) is 30.2. The molecule has 5 aliphatic carbocycles. The minimum Gasteiger partial charge on any atom is -0.388 e. The summed E-state index contributed by atoms with van der Waals surface area (Å²) in [6.45, 7) is 16.3. The van der Waals surface area contributed by atoms with Gasteiger partial charge in [-0.05, 0) is 159 Å². The van der Waals surface area contributed by atoms with Crippen molar-refractivity contribution in [2.24, 2.45) is 59.2 Å². The number of Topliss-reactive ketones (excluding diaryl/α,β-unsaturated/α-hetero) is 2. The Balaban J connectivity index is 1.25. The standard InChI is InChI=1S/C63H89NO3/c1-8-12-14-16-29-52-61(65)54(39-41(5)23-15-13-9-2)63(67)60(62(52)66)58-46(35-37-49-50-30-18-25-44-24-17-28-48(57(44)50)40-53(49)42(6)21-10-3)33-34-47(58)36-38-55-51-31-19-26-45-27-20-32-56(59(45)51)64(55)43(7)22-11-4/h18-20,24-27,31-32,36,38,41-43,46,48-50,52-54,57,62,66H,8-17,21-23,28-30,33-35,37,39-40H2,1-7H3/b47-36+,55-38+,60-58-. The van der Waals surface area contributed by atoms with Gasteiger partial charge in [-0.25, -0.2) is 0 Å². The van der Waals surface area contributed by atoms with Crippen molar-refractivity contribution in [2.75, 3.05) is 0 Å². The third-order valence-corrected chi connectivity index (χ3v) is 18.3. The normalized spacial score (nSPS) is 31.0. The van der Waals surface area contributed by atoms with Crippen LogP contribution in [0.4, 0.5) is 0 Å². The Morgan fingerprint density at radius 1 is 0.806 bits per heavy atom. The van der Waals surface area contributed by atoms with Crippen molar-refractivity contribution in [3.8, 4) is 0 Å². The second kappa shape index (κ2) is 22.9. The molecule has 1 aromatic heterocycles. The van der Waals surface area contributed by atoms with E-state index in [0.29, 0.717) is 48.1 Å². The summed E-state index contributed by atoms with van der Waals surface area (Å²) < 4.78 is 2.57. The summed E-state index contributed by atoms with van der Waals surface area (Å²) in [7, 11) is 0. The number of unbranched alkanes of at least 4 members (excludes halogenated alkanes) is 5. The first kappa shape index (κ1) is 49.9. The topological polar surface area (TPSA) is 59.3 Å². The molecule has 3 saturated carbocycles. The van der Waals surface area contributed by atoms with Crippen LogP contribution in [0.2, 0.25) is 0 Å². The molecule has 0 spiro atoms. The van der Waals surface area contributed by atoms with Gasteiger partial charge >= 0.3 is 0 Å². The molecule has 0 bridgehead atoms. The first-order valence-electron chi connectivity index (χ1n) is 28.2. The van der Waals surface area contributed by atoms with Crippen molar-refractivity contribution in [1.29, 1.82) is 0 Å². The molecule has 2 aromatic carbocycles. The lowest BCUT2D eigenvalue weighted by molar-refractivity contribution is -0.141. The molecule has 0 saturated heterocycles. The Morgan fingerprint density at radius 3 is 2.36 bits per heavy atom. The molecule has 0 radical (unpaired) electrons. The molecule has 4 nitrogen and oxygen atoms in total. The van der Waals surface area contributed by atoms with Crippen LogP contribution in [-0.4, -0.2) is 27.3 Å². The fourth-order valence-corrected chi connectivity index (χ4v) is 15.1. The minimum atomic E-state index is -1.04. The smallest absolute Gasteiger partial charge is 0.172 e. The summed E-state index contributed by atoms with van der Waals surface area (Å²) in [5, 5.41) is 17.9. The number of aromatic nitrogens is 1. The van der Waals surface area contributed by atoms with Crippen LogP contribution >= 0.6 is 0 Å². The number of benzene rings is 2. The van der Waals surface area contributed by atoms with Crippen LogP contribution in [0.3, 0.4) is 0 Å². The van der Waals surface area contributed by atoms with Crippen molar-refractivity contribution in [3.63, 3.8) is 0 Å². The van der Waals surface area contributed by atoms with E-state index in [-0.39, 0.29) is 23.4 Å². The molecule has 0 aliphatic heterocycles. The maximum atomic E-state index is 15.5. The summed E-state index contributed by atoms with van der Waals surface area (Å²) in [5.41, 5.74) is 5.88. The number of carbonyl (C=O) groups excluding carboxylic acids is 2. The van der Waals surface area contributed by atoms with Gasteiger partial charge < -0.3 is 9.67 Å². The van der Waals surface area contributed by atoms with E-state index in [9.17, 15) is 9.90 Å². The third kappa shape index (κ3) is 10.4. The number of ketones is 2. The number of hydrogen-bond donors (Lipinski definition) is 1. The predicted molar refractivity (Wildman–Crippen MR) is 283 cm³/mol. The molecule has 1 heterocycles. The Hall–Kier alpha value is -3.50. The Bertz CT molecular complexity index is 2350. The van der Waals surface area contributed by atoms with Crippen LogP contribution in [0.15, 0.2) is 83.0 Å².